The molecule has 1 N–H and O–H groups in total. The molecule has 1 aromatic heterocycles. The van der Waals surface area contributed by atoms with Crippen molar-refractivity contribution in [3.05, 3.63) is 84.2 Å². The lowest BCUT2D eigenvalue weighted by molar-refractivity contribution is -0.116. The normalized spacial score (nSPS) is 10.3. The van der Waals surface area contributed by atoms with Crippen LogP contribution in [0.25, 0.3) is 0 Å². The van der Waals surface area contributed by atoms with Gasteiger partial charge in [0.1, 0.15) is 18.1 Å². The van der Waals surface area contributed by atoms with Crippen LogP contribution in [0.4, 0.5) is 5.69 Å². The van der Waals surface area contributed by atoms with Crippen LogP contribution in [0.5, 0.6) is 11.5 Å². The Kier molecular flexibility index (Phi) is 7.55. The highest BCUT2D eigenvalue weighted by atomic mass is 16.5. The van der Waals surface area contributed by atoms with Crippen molar-refractivity contribution in [1.29, 1.82) is 0 Å². The van der Waals surface area contributed by atoms with Gasteiger partial charge in [0.05, 0.1) is 6.61 Å². The number of rotatable bonds is 10. The average Bonchev–Trinajstić information content (AvgIpc) is 2.76. The third-order valence-electron chi connectivity index (χ3n) is 4.32. The molecule has 6 heteroatoms. The SMILES string of the molecule is CC(=O)c1ccc(OCCCC(=O)Nc2cccc(OCc3cccnc3)c2)cc1. The highest BCUT2D eigenvalue weighted by molar-refractivity contribution is 5.94. The van der Waals surface area contributed by atoms with Crippen LogP contribution in [0.3, 0.4) is 0 Å². The van der Waals surface area contributed by atoms with Gasteiger partial charge >= 0.3 is 0 Å². The van der Waals surface area contributed by atoms with E-state index in [9.17, 15) is 9.59 Å². The second-order valence-electron chi connectivity index (χ2n) is 6.76. The number of nitrogens with zero attached hydrogens (tertiary/aromatic N) is 1. The van der Waals surface area contributed by atoms with E-state index in [4.69, 9.17) is 9.47 Å². The summed E-state index contributed by atoms with van der Waals surface area (Å²) in [6.07, 6.45) is 4.39. The van der Waals surface area contributed by atoms with E-state index in [0.717, 1.165) is 5.56 Å². The molecule has 0 unspecified atom stereocenters. The van der Waals surface area contributed by atoms with Gasteiger partial charge in [0.2, 0.25) is 5.91 Å². The predicted molar refractivity (Wildman–Crippen MR) is 115 cm³/mol. The maximum atomic E-state index is 12.2. The van der Waals surface area contributed by atoms with Crippen molar-refractivity contribution in [1.82, 2.24) is 4.98 Å². The minimum absolute atomic E-state index is 0.0183. The molecule has 0 bridgehead atoms. The van der Waals surface area contributed by atoms with Crippen molar-refractivity contribution in [2.24, 2.45) is 0 Å². The number of ether oxygens (including phenoxy) is 2. The van der Waals surface area contributed by atoms with E-state index in [1.165, 1.54) is 6.92 Å². The third-order valence-corrected chi connectivity index (χ3v) is 4.32. The molecule has 6 nitrogen and oxygen atoms in total. The van der Waals surface area contributed by atoms with E-state index in [1.807, 2.05) is 30.3 Å². The monoisotopic (exact) mass is 404 g/mol. The molecular formula is C24H24N2O4. The molecule has 0 spiro atoms. The molecule has 1 amide bonds. The minimum Gasteiger partial charge on any atom is -0.494 e. The second-order valence-corrected chi connectivity index (χ2v) is 6.76. The quantitative estimate of drug-likeness (QED) is 0.393. The van der Waals surface area contributed by atoms with E-state index in [-0.39, 0.29) is 11.7 Å². The van der Waals surface area contributed by atoms with Crippen LogP contribution in [-0.2, 0) is 11.4 Å². The Hall–Kier alpha value is -3.67. The fraction of sp³-hybridized carbons (Fsp3) is 0.208. The second kappa shape index (κ2) is 10.8. The molecule has 154 valence electrons. The van der Waals surface area contributed by atoms with Crippen molar-refractivity contribution in [3.63, 3.8) is 0 Å². The average molecular weight is 404 g/mol. The molecule has 0 aliphatic rings. The van der Waals surface area contributed by atoms with Crippen molar-refractivity contribution < 1.29 is 19.1 Å². The molecule has 0 aliphatic heterocycles. The molecule has 0 saturated heterocycles. The molecule has 3 aromatic rings. The number of amides is 1. The van der Waals surface area contributed by atoms with Gasteiger partial charge < -0.3 is 14.8 Å². The maximum absolute atomic E-state index is 12.2. The van der Waals surface area contributed by atoms with E-state index < -0.39 is 0 Å². The highest BCUT2D eigenvalue weighted by Gasteiger charge is 2.05. The number of hydrogen-bond donors (Lipinski definition) is 1. The van der Waals surface area contributed by atoms with Gasteiger partial charge in [-0.15, -0.1) is 0 Å². The molecule has 0 saturated carbocycles. The number of benzene rings is 2. The van der Waals surface area contributed by atoms with Crippen molar-refractivity contribution in [2.75, 3.05) is 11.9 Å². The number of ketones is 1. The van der Waals surface area contributed by atoms with E-state index in [0.29, 0.717) is 48.8 Å². The van der Waals surface area contributed by atoms with Crippen LogP contribution in [0.2, 0.25) is 0 Å². The summed E-state index contributed by atoms with van der Waals surface area (Å²) in [4.78, 5) is 27.5. The van der Waals surface area contributed by atoms with Crippen LogP contribution in [0.1, 0.15) is 35.7 Å². The zero-order chi connectivity index (χ0) is 21.2. The maximum Gasteiger partial charge on any atom is 0.224 e. The Morgan fingerprint density at radius 3 is 2.53 bits per heavy atom. The number of anilines is 1. The third kappa shape index (κ3) is 6.74. The van der Waals surface area contributed by atoms with Gasteiger partial charge in [-0.05, 0) is 55.8 Å². The summed E-state index contributed by atoms with van der Waals surface area (Å²) in [6.45, 7) is 2.36. The Bertz CT molecular complexity index is 972. The van der Waals surface area contributed by atoms with Crippen LogP contribution in [0.15, 0.2) is 73.1 Å². The number of aromatic nitrogens is 1. The van der Waals surface area contributed by atoms with Gasteiger partial charge in [0.15, 0.2) is 5.78 Å². The number of nitrogens with one attached hydrogen (secondary N) is 1. The van der Waals surface area contributed by atoms with Gasteiger partial charge in [-0.25, -0.2) is 0 Å². The lowest BCUT2D eigenvalue weighted by atomic mass is 10.1. The molecule has 30 heavy (non-hydrogen) atoms. The molecule has 1 heterocycles. The minimum atomic E-state index is -0.0880. The lowest BCUT2D eigenvalue weighted by Crippen LogP contribution is -2.13. The first kappa shape index (κ1) is 21.0. The van der Waals surface area contributed by atoms with Crippen LogP contribution >= 0.6 is 0 Å². The summed E-state index contributed by atoms with van der Waals surface area (Å²) in [5.41, 5.74) is 2.31. The summed E-state index contributed by atoms with van der Waals surface area (Å²) in [6, 6.07) is 18.1. The Morgan fingerprint density at radius 1 is 0.967 bits per heavy atom. The summed E-state index contributed by atoms with van der Waals surface area (Å²) in [7, 11) is 0. The van der Waals surface area contributed by atoms with Gasteiger partial charge in [-0.2, -0.15) is 0 Å². The smallest absolute Gasteiger partial charge is 0.224 e. The molecule has 0 radical (unpaired) electrons. The first-order valence-corrected chi connectivity index (χ1v) is 9.75. The standard InChI is InChI=1S/C24H24N2O4/c1-18(27)20-9-11-22(12-10-20)29-14-4-8-24(28)26-21-6-2-7-23(15-21)30-17-19-5-3-13-25-16-19/h2-3,5-7,9-13,15-16H,4,8,14,17H2,1H3,(H,26,28). The first-order valence-electron chi connectivity index (χ1n) is 9.75. The lowest BCUT2D eigenvalue weighted by Gasteiger charge is -2.10. The molecule has 0 fully saturated rings. The zero-order valence-electron chi connectivity index (χ0n) is 16.8. The van der Waals surface area contributed by atoms with Gasteiger partial charge in [0.25, 0.3) is 0 Å². The van der Waals surface area contributed by atoms with E-state index in [2.05, 4.69) is 10.3 Å². The van der Waals surface area contributed by atoms with Gasteiger partial charge in [-0.1, -0.05) is 12.1 Å². The van der Waals surface area contributed by atoms with Crippen LogP contribution in [-0.4, -0.2) is 23.3 Å². The van der Waals surface area contributed by atoms with Gasteiger partial charge in [-0.3, -0.25) is 14.6 Å². The summed E-state index contributed by atoms with van der Waals surface area (Å²) in [5.74, 6) is 1.28. The van der Waals surface area contributed by atoms with Crippen LogP contribution in [0, 0.1) is 0 Å². The number of carbonyl (C=O) groups excluding carboxylic acids is 2. The summed E-state index contributed by atoms with van der Waals surface area (Å²) >= 11 is 0. The Labute approximate surface area is 175 Å². The van der Waals surface area contributed by atoms with E-state index >= 15 is 0 Å². The van der Waals surface area contributed by atoms with Crippen molar-refractivity contribution in [2.45, 2.75) is 26.4 Å². The zero-order valence-corrected chi connectivity index (χ0v) is 16.8. The van der Waals surface area contributed by atoms with Crippen LogP contribution < -0.4 is 14.8 Å². The fourth-order valence-electron chi connectivity index (χ4n) is 2.75. The number of Topliss-reactive ketones (excluding diaryl/α,β-unsaturated/α-hetero) is 1. The summed E-state index contributed by atoms with van der Waals surface area (Å²) < 4.78 is 11.4. The molecule has 3 rings (SSSR count). The Balaban J connectivity index is 1.39. The highest BCUT2D eigenvalue weighted by Crippen LogP contribution is 2.19. The summed E-state index contributed by atoms with van der Waals surface area (Å²) in [5, 5.41) is 2.87. The molecule has 0 aliphatic carbocycles. The number of carbonyl (C=O) groups is 2. The van der Waals surface area contributed by atoms with E-state index in [1.54, 1.807) is 42.7 Å². The Morgan fingerprint density at radius 2 is 1.80 bits per heavy atom. The number of pyridine rings is 1. The van der Waals surface area contributed by atoms with Crippen molar-refractivity contribution in [3.8, 4) is 11.5 Å². The molecular weight excluding hydrogens is 380 g/mol. The molecule has 0 atom stereocenters. The largest absolute Gasteiger partial charge is 0.494 e. The molecule has 2 aromatic carbocycles. The van der Waals surface area contributed by atoms with Crippen molar-refractivity contribution >= 4 is 17.4 Å². The first-order chi connectivity index (χ1) is 14.6. The fourth-order valence-corrected chi connectivity index (χ4v) is 2.75. The predicted octanol–water partition coefficient (Wildman–Crippen LogP) is 4.66. The number of hydrogen-bond acceptors (Lipinski definition) is 5. The van der Waals surface area contributed by atoms with Gasteiger partial charge in [0, 0.05) is 41.7 Å². The topological polar surface area (TPSA) is 77.5 Å².